The highest BCUT2D eigenvalue weighted by atomic mass is 32.2. The van der Waals surface area contributed by atoms with E-state index in [2.05, 4.69) is 15.0 Å². The fourth-order valence-electron chi connectivity index (χ4n) is 3.01. The van der Waals surface area contributed by atoms with Gasteiger partial charge in [0.05, 0.1) is 4.90 Å². The number of aryl methyl sites for hydroxylation is 2. The van der Waals surface area contributed by atoms with Crippen molar-refractivity contribution in [2.45, 2.75) is 45.1 Å². The molecule has 0 saturated carbocycles. The molecule has 0 spiro atoms. The maximum absolute atomic E-state index is 12.7. The Hall–Kier alpha value is -2.64. The zero-order valence-electron chi connectivity index (χ0n) is 16.7. The Morgan fingerprint density at radius 3 is 2.43 bits per heavy atom. The zero-order valence-corrected chi connectivity index (χ0v) is 17.5. The number of hydrogen-bond acceptors (Lipinski definition) is 3. The lowest BCUT2D eigenvalue weighted by Crippen LogP contribution is -2.40. The van der Waals surface area contributed by atoms with Gasteiger partial charge in [0, 0.05) is 33.4 Å². The fourth-order valence-corrected chi connectivity index (χ4v) is 4.47. The van der Waals surface area contributed by atoms with Gasteiger partial charge in [-0.2, -0.15) is 0 Å². The van der Waals surface area contributed by atoms with Gasteiger partial charge >= 0.3 is 0 Å². The summed E-state index contributed by atoms with van der Waals surface area (Å²) in [6.45, 7) is 9.32. The first-order valence-electron chi connectivity index (χ1n) is 9.01. The summed E-state index contributed by atoms with van der Waals surface area (Å²) in [5.41, 5.74) is 3.48. The van der Waals surface area contributed by atoms with Crippen LogP contribution in [0.3, 0.4) is 0 Å². The van der Waals surface area contributed by atoms with Gasteiger partial charge in [0.2, 0.25) is 10.0 Å². The van der Waals surface area contributed by atoms with Crippen molar-refractivity contribution in [3.05, 3.63) is 59.3 Å². The number of nitrogens with one attached hydrogen (secondary N) is 3. The van der Waals surface area contributed by atoms with Crippen LogP contribution >= 0.6 is 0 Å². The van der Waals surface area contributed by atoms with Crippen LogP contribution < -0.4 is 10.0 Å². The standard InChI is InChI=1S/C21H25N3O3S/c1-13-14(2)22-19-10-9-15(11-18(13)19)20(25)23-16-7-6-8-17(12-16)28(26,27)24-21(3,4)5/h6-12,22,24H,1-5H3,(H,23,25). The number of rotatable bonds is 4. The number of anilines is 1. The lowest BCUT2D eigenvalue weighted by molar-refractivity contribution is 0.102. The molecule has 6 nitrogen and oxygen atoms in total. The van der Waals surface area contributed by atoms with Crippen LogP contribution in [0.15, 0.2) is 47.4 Å². The highest BCUT2D eigenvalue weighted by Gasteiger charge is 2.22. The van der Waals surface area contributed by atoms with Crippen molar-refractivity contribution in [2.24, 2.45) is 0 Å². The first-order valence-corrected chi connectivity index (χ1v) is 10.5. The van der Waals surface area contributed by atoms with E-state index in [1.165, 1.54) is 12.1 Å². The molecular formula is C21H25N3O3S. The van der Waals surface area contributed by atoms with E-state index in [-0.39, 0.29) is 10.8 Å². The van der Waals surface area contributed by atoms with E-state index >= 15 is 0 Å². The van der Waals surface area contributed by atoms with Gasteiger partial charge in [-0.1, -0.05) is 6.07 Å². The summed E-state index contributed by atoms with van der Waals surface area (Å²) < 4.78 is 27.6. The van der Waals surface area contributed by atoms with Crippen LogP contribution in [0.4, 0.5) is 5.69 Å². The number of H-pyrrole nitrogens is 1. The predicted octanol–water partition coefficient (Wildman–Crippen LogP) is 4.11. The molecule has 148 valence electrons. The van der Waals surface area contributed by atoms with Crippen molar-refractivity contribution in [3.63, 3.8) is 0 Å². The normalized spacial score (nSPS) is 12.3. The largest absolute Gasteiger partial charge is 0.358 e. The second-order valence-electron chi connectivity index (χ2n) is 7.97. The Morgan fingerprint density at radius 2 is 1.75 bits per heavy atom. The smallest absolute Gasteiger partial charge is 0.255 e. The first-order chi connectivity index (χ1) is 13.0. The Bertz CT molecular complexity index is 1160. The molecule has 0 radical (unpaired) electrons. The van der Waals surface area contributed by atoms with E-state index in [1.54, 1.807) is 39.0 Å². The van der Waals surface area contributed by atoms with E-state index in [9.17, 15) is 13.2 Å². The molecule has 3 N–H and O–H groups in total. The third kappa shape index (κ3) is 4.26. The minimum atomic E-state index is -3.68. The number of carbonyl (C=O) groups is 1. The van der Waals surface area contributed by atoms with Gasteiger partial charge in [0.1, 0.15) is 0 Å². The maximum atomic E-state index is 12.7. The van der Waals surface area contributed by atoms with Crippen LogP contribution in [-0.4, -0.2) is 24.8 Å². The van der Waals surface area contributed by atoms with E-state index < -0.39 is 15.6 Å². The summed E-state index contributed by atoms with van der Waals surface area (Å²) in [6.07, 6.45) is 0. The third-order valence-electron chi connectivity index (χ3n) is 4.41. The molecule has 0 unspecified atom stereocenters. The van der Waals surface area contributed by atoms with Crippen molar-refractivity contribution in [2.75, 3.05) is 5.32 Å². The van der Waals surface area contributed by atoms with Gasteiger partial charge < -0.3 is 10.3 Å². The number of sulfonamides is 1. The highest BCUT2D eigenvalue weighted by Crippen LogP contribution is 2.23. The Kier molecular flexibility index (Phi) is 5.08. The van der Waals surface area contributed by atoms with Gasteiger partial charge in [-0.25, -0.2) is 13.1 Å². The van der Waals surface area contributed by atoms with Crippen LogP contribution in [0, 0.1) is 13.8 Å². The topological polar surface area (TPSA) is 91.1 Å². The molecule has 0 fully saturated rings. The molecule has 0 aliphatic heterocycles. The number of fused-ring (bicyclic) bond motifs is 1. The molecule has 28 heavy (non-hydrogen) atoms. The lowest BCUT2D eigenvalue weighted by Gasteiger charge is -2.20. The molecule has 7 heteroatoms. The second-order valence-corrected chi connectivity index (χ2v) is 9.66. The first kappa shape index (κ1) is 20.1. The number of carbonyl (C=O) groups excluding carboxylic acids is 1. The molecule has 1 amide bonds. The molecule has 1 aromatic heterocycles. The second kappa shape index (κ2) is 7.07. The molecule has 0 bridgehead atoms. The molecule has 2 aromatic carbocycles. The molecule has 0 aliphatic rings. The van der Waals surface area contributed by atoms with Crippen molar-refractivity contribution < 1.29 is 13.2 Å². The predicted molar refractivity (Wildman–Crippen MR) is 112 cm³/mol. The van der Waals surface area contributed by atoms with Gasteiger partial charge in [-0.15, -0.1) is 0 Å². The quantitative estimate of drug-likeness (QED) is 0.616. The SMILES string of the molecule is Cc1[nH]c2ccc(C(=O)Nc3cccc(S(=O)(=O)NC(C)(C)C)c3)cc2c1C. The highest BCUT2D eigenvalue weighted by molar-refractivity contribution is 7.89. The molecule has 0 aliphatic carbocycles. The van der Waals surface area contributed by atoms with Crippen molar-refractivity contribution in [1.29, 1.82) is 0 Å². The molecule has 0 atom stereocenters. The molecular weight excluding hydrogens is 374 g/mol. The Morgan fingerprint density at radius 1 is 1.04 bits per heavy atom. The summed E-state index contributed by atoms with van der Waals surface area (Å²) in [7, 11) is -3.68. The summed E-state index contributed by atoms with van der Waals surface area (Å²) >= 11 is 0. The van der Waals surface area contributed by atoms with E-state index in [0.29, 0.717) is 11.3 Å². The summed E-state index contributed by atoms with van der Waals surface area (Å²) in [4.78, 5) is 16.1. The van der Waals surface area contributed by atoms with Crippen molar-refractivity contribution in [3.8, 4) is 0 Å². The van der Waals surface area contributed by atoms with Gasteiger partial charge in [0.15, 0.2) is 0 Å². The molecule has 3 aromatic rings. The average Bonchev–Trinajstić information content (AvgIpc) is 2.87. The minimum absolute atomic E-state index is 0.104. The van der Waals surface area contributed by atoms with Crippen LogP contribution in [0.1, 0.15) is 42.4 Å². The average molecular weight is 400 g/mol. The Labute approximate surface area is 165 Å². The van der Waals surface area contributed by atoms with Crippen LogP contribution in [0.2, 0.25) is 0 Å². The number of hydrogen-bond donors (Lipinski definition) is 3. The maximum Gasteiger partial charge on any atom is 0.255 e. The van der Waals surface area contributed by atoms with Crippen LogP contribution in [-0.2, 0) is 10.0 Å². The van der Waals surface area contributed by atoms with E-state index in [1.807, 2.05) is 26.0 Å². The summed E-state index contributed by atoms with van der Waals surface area (Å²) in [5.74, 6) is -0.293. The molecule has 0 saturated heterocycles. The van der Waals surface area contributed by atoms with Crippen molar-refractivity contribution >= 4 is 32.5 Å². The Balaban J connectivity index is 1.86. The van der Waals surface area contributed by atoms with Gasteiger partial charge in [-0.3, -0.25) is 4.79 Å². The minimum Gasteiger partial charge on any atom is -0.358 e. The molecule has 3 rings (SSSR count). The fraction of sp³-hybridized carbons (Fsp3) is 0.286. The number of amides is 1. The third-order valence-corrected chi connectivity index (χ3v) is 6.17. The monoisotopic (exact) mass is 399 g/mol. The van der Waals surface area contributed by atoms with Crippen LogP contribution in [0.25, 0.3) is 10.9 Å². The van der Waals surface area contributed by atoms with Gasteiger partial charge in [-0.05, 0) is 76.6 Å². The zero-order chi connectivity index (χ0) is 20.7. The van der Waals surface area contributed by atoms with E-state index in [0.717, 1.165) is 22.2 Å². The molecule has 1 heterocycles. The van der Waals surface area contributed by atoms with E-state index in [4.69, 9.17) is 0 Å². The van der Waals surface area contributed by atoms with Crippen molar-refractivity contribution in [1.82, 2.24) is 9.71 Å². The number of aromatic amines is 1. The summed E-state index contributed by atoms with van der Waals surface area (Å²) in [6, 6.07) is 11.7. The van der Waals surface area contributed by atoms with Crippen LogP contribution in [0.5, 0.6) is 0 Å². The number of benzene rings is 2. The number of aromatic nitrogens is 1. The van der Waals surface area contributed by atoms with Gasteiger partial charge in [0.25, 0.3) is 5.91 Å². The lowest BCUT2D eigenvalue weighted by atomic mass is 10.1. The summed E-state index contributed by atoms with van der Waals surface area (Å²) in [5, 5.41) is 3.78.